The number of carbonyl (C=O) groups is 1. The van der Waals surface area contributed by atoms with E-state index in [1.807, 2.05) is 24.1 Å². The Hall–Kier alpha value is -1.40. The van der Waals surface area contributed by atoms with Gasteiger partial charge in [-0.1, -0.05) is 6.92 Å². The molecule has 3 rings (SSSR count). The molecule has 2 aliphatic heterocycles. The fourth-order valence-electron chi connectivity index (χ4n) is 4.07. The molecule has 3 heterocycles. The van der Waals surface area contributed by atoms with Crippen LogP contribution in [-0.2, 0) is 11.8 Å². The highest BCUT2D eigenvalue weighted by Crippen LogP contribution is 2.28. The summed E-state index contributed by atoms with van der Waals surface area (Å²) in [6.45, 7) is 9.19. The quantitative estimate of drug-likeness (QED) is 0.843. The molecule has 1 aromatic rings. The number of nitrogens with one attached hydrogen (secondary N) is 2. The number of piperidine rings is 1. The summed E-state index contributed by atoms with van der Waals surface area (Å²) >= 11 is 0. The van der Waals surface area contributed by atoms with Gasteiger partial charge in [0, 0.05) is 51.4 Å². The Kier molecular flexibility index (Phi) is 5.56. The molecule has 0 radical (unpaired) electrons. The van der Waals surface area contributed by atoms with E-state index in [1.54, 1.807) is 0 Å². The predicted octanol–water partition coefficient (Wildman–Crippen LogP) is 0.960. The molecular formula is C18H31N5O. The second-order valence-corrected chi connectivity index (χ2v) is 7.66. The van der Waals surface area contributed by atoms with Gasteiger partial charge < -0.3 is 10.6 Å². The second-order valence-electron chi connectivity index (χ2n) is 7.66. The van der Waals surface area contributed by atoms with Crippen molar-refractivity contribution in [1.29, 1.82) is 0 Å². The van der Waals surface area contributed by atoms with E-state index in [4.69, 9.17) is 0 Å². The molecule has 24 heavy (non-hydrogen) atoms. The molecule has 134 valence electrons. The second kappa shape index (κ2) is 7.66. The van der Waals surface area contributed by atoms with Crippen LogP contribution in [0, 0.1) is 11.8 Å². The van der Waals surface area contributed by atoms with E-state index in [-0.39, 0.29) is 17.7 Å². The van der Waals surface area contributed by atoms with Gasteiger partial charge in [0.15, 0.2) is 0 Å². The van der Waals surface area contributed by atoms with Crippen LogP contribution in [0.2, 0.25) is 0 Å². The zero-order chi connectivity index (χ0) is 17.1. The molecule has 0 spiro atoms. The number of rotatable bonds is 5. The molecule has 0 aromatic carbocycles. The van der Waals surface area contributed by atoms with Gasteiger partial charge in [-0.3, -0.25) is 14.4 Å². The molecule has 1 aromatic heterocycles. The van der Waals surface area contributed by atoms with Crippen LogP contribution in [0.15, 0.2) is 12.4 Å². The van der Waals surface area contributed by atoms with E-state index < -0.39 is 0 Å². The van der Waals surface area contributed by atoms with Crippen LogP contribution in [0.1, 0.15) is 38.2 Å². The summed E-state index contributed by atoms with van der Waals surface area (Å²) in [4.78, 5) is 15.2. The molecule has 1 amide bonds. The van der Waals surface area contributed by atoms with Crippen LogP contribution in [-0.4, -0.2) is 59.4 Å². The lowest BCUT2D eigenvalue weighted by molar-refractivity contribution is -0.125. The number of amides is 1. The summed E-state index contributed by atoms with van der Waals surface area (Å²) in [7, 11) is 1.92. The number of hydrogen-bond acceptors (Lipinski definition) is 4. The molecule has 2 unspecified atom stereocenters. The minimum Gasteiger partial charge on any atom is -0.354 e. The third-order valence-corrected chi connectivity index (χ3v) is 5.59. The summed E-state index contributed by atoms with van der Waals surface area (Å²) in [5.74, 6) is 1.17. The molecule has 2 aliphatic rings. The Balaban J connectivity index is 1.52. The van der Waals surface area contributed by atoms with Crippen molar-refractivity contribution in [3.05, 3.63) is 18.0 Å². The number of aromatic nitrogens is 2. The smallest absolute Gasteiger partial charge is 0.225 e. The van der Waals surface area contributed by atoms with E-state index in [1.165, 1.54) is 12.8 Å². The lowest BCUT2D eigenvalue weighted by atomic mass is 9.90. The van der Waals surface area contributed by atoms with Crippen molar-refractivity contribution in [1.82, 2.24) is 25.3 Å². The highest BCUT2D eigenvalue weighted by atomic mass is 16.1. The highest BCUT2D eigenvalue weighted by molar-refractivity contribution is 5.80. The third kappa shape index (κ3) is 3.98. The van der Waals surface area contributed by atoms with E-state index >= 15 is 0 Å². The predicted molar refractivity (Wildman–Crippen MR) is 94.8 cm³/mol. The monoisotopic (exact) mass is 333 g/mol. The van der Waals surface area contributed by atoms with Crippen LogP contribution in [0.4, 0.5) is 0 Å². The molecule has 0 saturated carbocycles. The maximum absolute atomic E-state index is 12.7. The minimum absolute atomic E-state index is 0.00156. The van der Waals surface area contributed by atoms with Crippen LogP contribution in [0.5, 0.6) is 0 Å². The summed E-state index contributed by atoms with van der Waals surface area (Å²) in [5, 5.41) is 10.8. The van der Waals surface area contributed by atoms with E-state index in [0.717, 1.165) is 44.2 Å². The number of aryl methyl sites for hydroxylation is 1. The molecule has 0 bridgehead atoms. The molecule has 2 saturated heterocycles. The maximum atomic E-state index is 12.7. The molecule has 2 fully saturated rings. The Morgan fingerprint density at radius 1 is 1.50 bits per heavy atom. The van der Waals surface area contributed by atoms with Crippen molar-refractivity contribution in [2.45, 2.75) is 38.6 Å². The Morgan fingerprint density at radius 3 is 3.04 bits per heavy atom. The van der Waals surface area contributed by atoms with Crippen LogP contribution in [0.25, 0.3) is 0 Å². The molecule has 0 aliphatic carbocycles. The van der Waals surface area contributed by atoms with Crippen molar-refractivity contribution in [2.24, 2.45) is 18.9 Å². The lowest BCUT2D eigenvalue weighted by Crippen LogP contribution is -2.47. The van der Waals surface area contributed by atoms with Crippen LogP contribution in [0.3, 0.4) is 0 Å². The Bertz CT molecular complexity index is 557. The van der Waals surface area contributed by atoms with E-state index in [2.05, 4.69) is 34.5 Å². The molecular weight excluding hydrogens is 302 g/mol. The van der Waals surface area contributed by atoms with Crippen LogP contribution >= 0.6 is 0 Å². The van der Waals surface area contributed by atoms with Crippen molar-refractivity contribution < 1.29 is 4.79 Å². The molecule has 6 heteroatoms. The lowest BCUT2D eigenvalue weighted by Gasteiger charge is -2.35. The number of likely N-dealkylation sites (tertiary alicyclic amines) is 1. The van der Waals surface area contributed by atoms with Gasteiger partial charge in [0.05, 0.1) is 12.1 Å². The third-order valence-electron chi connectivity index (χ3n) is 5.59. The average Bonchev–Trinajstić information content (AvgIpc) is 3.20. The zero-order valence-corrected chi connectivity index (χ0v) is 15.2. The number of hydrogen-bond donors (Lipinski definition) is 2. The fourth-order valence-corrected chi connectivity index (χ4v) is 4.07. The van der Waals surface area contributed by atoms with Crippen molar-refractivity contribution in [3.8, 4) is 0 Å². The van der Waals surface area contributed by atoms with Crippen LogP contribution < -0.4 is 10.6 Å². The van der Waals surface area contributed by atoms with Gasteiger partial charge in [-0.2, -0.15) is 5.10 Å². The molecule has 2 N–H and O–H groups in total. The minimum atomic E-state index is 0.00156. The number of nitrogens with zero attached hydrogens (tertiary/aromatic N) is 3. The first-order valence-electron chi connectivity index (χ1n) is 9.25. The van der Waals surface area contributed by atoms with Gasteiger partial charge >= 0.3 is 0 Å². The van der Waals surface area contributed by atoms with Gasteiger partial charge in [0.2, 0.25) is 5.91 Å². The number of carbonyl (C=O) groups excluding carboxylic acids is 1. The Morgan fingerprint density at radius 2 is 2.33 bits per heavy atom. The first kappa shape index (κ1) is 17.4. The summed E-state index contributed by atoms with van der Waals surface area (Å²) < 4.78 is 1.81. The largest absolute Gasteiger partial charge is 0.354 e. The SMILES string of the molecule is CC1CCCN(C(C)CNC(=O)[C@H]2CNC[C@@H]2c2cnn(C)c2)C1. The first-order valence-corrected chi connectivity index (χ1v) is 9.25. The van der Waals surface area contributed by atoms with Gasteiger partial charge in [-0.15, -0.1) is 0 Å². The van der Waals surface area contributed by atoms with Crippen molar-refractivity contribution in [3.63, 3.8) is 0 Å². The first-order chi connectivity index (χ1) is 11.5. The normalized spacial score (nSPS) is 29.5. The van der Waals surface area contributed by atoms with E-state index in [9.17, 15) is 4.79 Å². The van der Waals surface area contributed by atoms with Gasteiger partial charge in [0.25, 0.3) is 0 Å². The highest BCUT2D eigenvalue weighted by Gasteiger charge is 2.34. The summed E-state index contributed by atoms with van der Waals surface area (Å²) in [5.41, 5.74) is 1.15. The maximum Gasteiger partial charge on any atom is 0.225 e. The standard InChI is InChI=1S/C18H31N5O/c1-13-5-4-6-23(11-13)14(2)7-20-18(24)17-10-19-9-16(17)15-8-21-22(3)12-15/h8,12-14,16-17,19H,4-7,9-11H2,1-3H3,(H,20,24)/t13?,14?,16-,17+/m1/s1. The molecule has 6 nitrogen and oxygen atoms in total. The van der Waals surface area contributed by atoms with Crippen molar-refractivity contribution in [2.75, 3.05) is 32.7 Å². The van der Waals surface area contributed by atoms with Gasteiger partial charge in [-0.05, 0) is 37.8 Å². The van der Waals surface area contributed by atoms with Gasteiger partial charge in [-0.25, -0.2) is 0 Å². The zero-order valence-electron chi connectivity index (χ0n) is 15.2. The summed E-state index contributed by atoms with van der Waals surface area (Å²) in [6, 6.07) is 0.405. The van der Waals surface area contributed by atoms with Gasteiger partial charge in [0.1, 0.15) is 0 Å². The van der Waals surface area contributed by atoms with E-state index in [0.29, 0.717) is 6.04 Å². The van der Waals surface area contributed by atoms with Crippen molar-refractivity contribution >= 4 is 5.91 Å². The topological polar surface area (TPSA) is 62.2 Å². The summed E-state index contributed by atoms with van der Waals surface area (Å²) in [6.07, 6.45) is 6.51. The molecule has 4 atom stereocenters. The fraction of sp³-hybridized carbons (Fsp3) is 0.778. The average molecular weight is 333 g/mol. The Labute approximate surface area is 145 Å².